The molecule has 340 valence electrons. The van der Waals surface area contributed by atoms with Gasteiger partial charge in [0.2, 0.25) is 0 Å². The van der Waals surface area contributed by atoms with Crippen LogP contribution in [0.5, 0.6) is 0 Å². The zero-order valence-corrected chi connectivity index (χ0v) is 34.6. The van der Waals surface area contributed by atoms with E-state index in [1.807, 2.05) is 6.92 Å². The molecule has 19 heteroatoms. The van der Waals surface area contributed by atoms with Crippen molar-refractivity contribution in [3.63, 3.8) is 0 Å². The molecule has 0 heterocycles. The maximum absolute atomic E-state index is 8.92. The summed E-state index contributed by atoms with van der Waals surface area (Å²) in [4.78, 5) is 0. The third-order valence-electron chi connectivity index (χ3n) is 6.43. The van der Waals surface area contributed by atoms with E-state index in [9.17, 15) is 0 Å². The number of hydrogen-bond donors (Lipinski definition) is 4. The number of ether oxygens (including phenoxy) is 15. The summed E-state index contributed by atoms with van der Waals surface area (Å²) in [6.45, 7) is 18.8. The van der Waals surface area contributed by atoms with Crippen LogP contribution in [0.4, 0.5) is 0 Å². The van der Waals surface area contributed by atoms with Crippen molar-refractivity contribution in [2.45, 2.75) is 39.1 Å². The highest BCUT2D eigenvalue weighted by atomic mass is 16.6. The Labute approximate surface area is 335 Å². The zero-order valence-electron chi connectivity index (χ0n) is 34.6. The van der Waals surface area contributed by atoms with Crippen molar-refractivity contribution in [3.05, 3.63) is 0 Å². The smallest absolute Gasteiger partial charge is 0.0781 e. The molecule has 0 bridgehead atoms. The molecular weight excluding hydrogens is 748 g/mol. The third-order valence-corrected chi connectivity index (χ3v) is 6.43. The molecule has 0 fully saturated rings. The minimum absolute atomic E-state index is 0.0170. The summed E-state index contributed by atoms with van der Waals surface area (Å²) in [5, 5.41) is 34.7. The standard InChI is InChI=1S/C28H58O15.C9H20O4/c29-1-3-31-5-7-33-9-11-35-13-15-37-17-19-39-21-23-41-25-27-43-28-26-42-24-22-40-20-18-38-16-14-36-12-10-34-8-6-32-4-2-30;1-7(11)5-12-9(3)6-13-8(2)4-10/h29-30H,1-28H2;7-11H,4-6H2,1-3H3. The minimum atomic E-state index is -0.447. The first-order valence-electron chi connectivity index (χ1n) is 19.7. The second-order valence-corrected chi connectivity index (χ2v) is 11.7. The number of aliphatic hydroxyl groups is 4. The predicted octanol–water partition coefficient (Wildman–Crippen LogP) is -0.643. The van der Waals surface area contributed by atoms with E-state index < -0.39 is 6.10 Å². The van der Waals surface area contributed by atoms with E-state index in [0.29, 0.717) is 185 Å². The van der Waals surface area contributed by atoms with Crippen LogP contribution in [0.25, 0.3) is 0 Å². The van der Waals surface area contributed by atoms with Crippen molar-refractivity contribution in [3.8, 4) is 0 Å². The van der Waals surface area contributed by atoms with Gasteiger partial charge in [-0.2, -0.15) is 0 Å². The summed E-state index contributed by atoms with van der Waals surface area (Å²) in [6, 6.07) is 0. The Kier molecular flexibility index (Phi) is 53.5. The van der Waals surface area contributed by atoms with Crippen LogP contribution in [0.1, 0.15) is 20.8 Å². The third kappa shape index (κ3) is 55.3. The van der Waals surface area contributed by atoms with Crippen LogP contribution in [-0.4, -0.2) is 244 Å². The lowest BCUT2D eigenvalue weighted by Gasteiger charge is -2.16. The monoisotopic (exact) mass is 827 g/mol. The molecule has 0 radical (unpaired) electrons. The van der Waals surface area contributed by atoms with Crippen LogP contribution in [0.3, 0.4) is 0 Å². The molecule has 0 amide bonds. The van der Waals surface area contributed by atoms with E-state index in [1.54, 1.807) is 13.8 Å². The first-order valence-corrected chi connectivity index (χ1v) is 19.7. The minimum Gasteiger partial charge on any atom is -0.394 e. The average molecular weight is 827 g/mol. The van der Waals surface area contributed by atoms with Gasteiger partial charge in [-0.1, -0.05) is 0 Å². The van der Waals surface area contributed by atoms with Gasteiger partial charge in [0.05, 0.1) is 223 Å². The van der Waals surface area contributed by atoms with Gasteiger partial charge < -0.3 is 91.5 Å². The zero-order chi connectivity index (χ0) is 41.3. The van der Waals surface area contributed by atoms with Crippen LogP contribution in [-0.2, 0) is 71.1 Å². The van der Waals surface area contributed by atoms with Crippen molar-refractivity contribution in [1.82, 2.24) is 0 Å². The van der Waals surface area contributed by atoms with E-state index in [-0.39, 0.29) is 32.0 Å². The van der Waals surface area contributed by atoms with Crippen LogP contribution < -0.4 is 0 Å². The first kappa shape index (κ1) is 57.3. The van der Waals surface area contributed by atoms with Gasteiger partial charge in [0, 0.05) is 0 Å². The molecule has 0 spiro atoms. The topological polar surface area (TPSA) is 219 Å². The van der Waals surface area contributed by atoms with Crippen molar-refractivity contribution >= 4 is 0 Å². The van der Waals surface area contributed by atoms with Crippen molar-refractivity contribution in [2.24, 2.45) is 0 Å². The maximum atomic E-state index is 8.92. The molecule has 56 heavy (non-hydrogen) atoms. The van der Waals surface area contributed by atoms with Gasteiger partial charge in [0.25, 0.3) is 0 Å². The van der Waals surface area contributed by atoms with E-state index in [2.05, 4.69) is 0 Å². The second kappa shape index (κ2) is 52.3. The molecule has 3 unspecified atom stereocenters. The molecule has 19 nitrogen and oxygen atoms in total. The number of aliphatic hydroxyl groups excluding tert-OH is 4. The summed E-state index contributed by atoms with van der Waals surface area (Å²) in [7, 11) is 0. The fourth-order valence-corrected chi connectivity index (χ4v) is 3.57. The van der Waals surface area contributed by atoms with Crippen LogP contribution in [0.2, 0.25) is 0 Å². The molecule has 3 atom stereocenters. The van der Waals surface area contributed by atoms with Crippen LogP contribution in [0.15, 0.2) is 0 Å². The van der Waals surface area contributed by atoms with Crippen molar-refractivity contribution in [1.29, 1.82) is 0 Å². The molecule has 4 N–H and O–H groups in total. The molecule has 0 aliphatic heterocycles. The van der Waals surface area contributed by atoms with Gasteiger partial charge in [-0.25, -0.2) is 0 Å². The predicted molar refractivity (Wildman–Crippen MR) is 204 cm³/mol. The highest BCUT2D eigenvalue weighted by Gasteiger charge is 2.07. The Hall–Kier alpha value is -0.760. The fraction of sp³-hybridized carbons (Fsp3) is 1.00. The quantitative estimate of drug-likeness (QED) is 0.0561. The lowest BCUT2D eigenvalue weighted by atomic mass is 10.4. The molecule has 0 aromatic rings. The lowest BCUT2D eigenvalue weighted by Crippen LogP contribution is -2.24. The largest absolute Gasteiger partial charge is 0.394 e. The molecular formula is C37H78O19. The van der Waals surface area contributed by atoms with Gasteiger partial charge in [-0.15, -0.1) is 0 Å². The highest BCUT2D eigenvalue weighted by molar-refractivity contribution is 4.53. The fourth-order valence-electron chi connectivity index (χ4n) is 3.57. The second-order valence-electron chi connectivity index (χ2n) is 11.7. The molecule has 0 rings (SSSR count). The maximum Gasteiger partial charge on any atom is 0.0781 e. The number of rotatable bonds is 47. The number of hydrogen-bond acceptors (Lipinski definition) is 19. The normalized spacial score (nSPS) is 13.1. The van der Waals surface area contributed by atoms with Crippen molar-refractivity contribution in [2.75, 3.05) is 205 Å². The van der Waals surface area contributed by atoms with E-state index in [4.69, 9.17) is 91.5 Å². The summed E-state index contributed by atoms with van der Waals surface area (Å²) in [5.74, 6) is 0. The van der Waals surface area contributed by atoms with Gasteiger partial charge in [0.15, 0.2) is 0 Å². The van der Waals surface area contributed by atoms with Gasteiger partial charge >= 0.3 is 0 Å². The Morgan fingerprint density at radius 2 is 0.482 bits per heavy atom. The average Bonchev–Trinajstić information content (AvgIpc) is 3.20. The Morgan fingerprint density at radius 3 is 0.661 bits per heavy atom. The molecule has 0 aromatic heterocycles. The Morgan fingerprint density at radius 1 is 0.286 bits per heavy atom. The van der Waals surface area contributed by atoms with E-state index in [1.165, 1.54) is 0 Å². The lowest BCUT2D eigenvalue weighted by molar-refractivity contribution is -0.0620. The molecule has 0 aliphatic carbocycles. The molecule has 0 saturated carbocycles. The van der Waals surface area contributed by atoms with Gasteiger partial charge in [-0.3, -0.25) is 0 Å². The SMILES string of the molecule is CC(O)COC(C)COC(C)CO.OCCOCCOCCOCCOCCOCCOCCOCCOCCOCCOCCOCCOCCOCCO. The van der Waals surface area contributed by atoms with Gasteiger partial charge in [-0.05, 0) is 20.8 Å². The first-order chi connectivity index (χ1) is 27.5. The van der Waals surface area contributed by atoms with Gasteiger partial charge in [0.1, 0.15) is 0 Å². The molecule has 0 saturated heterocycles. The van der Waals surface area contributed by atoms with Crippen molar-refractivity contribution < 1.29 is 91.5 Å². The summed E-state index contributed by atoms with van der Waals surface area (Å²) in [5.41, 5.74) is 0. The summed E-state index contributed by atoms with van der Waals surface area (Å²) in [6.07, 6.45) is -0.654. The molecule has 0 aromatic carbocycles. The highest BCUT2D eigenvalue weighted by Crippen LogP contribution is 1.97. The van der Waals surface area contributed by atoms with E-state index in [0.717, 1.165) is 0 Å². The van der Waals surface area contributed by atoms with Crippen LogP contribution in [0, 0.1) is 0 Å². The van der Waals surface area contributed by atoms with Crippen LogP contribution >= 0.6 is 0 Å². The summed E-state index contributed by atoms with van der Waals surface area (Å²) < 4.78 is 80.2. The van der Waals surface area contributed by atoms with E-state index >= 15 is 0 Å². The Balaban J connectivity index is 0. The molecule has 0 aliphatic rings. The summed E-state index contributed by atoms with van der Waals surface area (Å²) >= 11 is 0. The Bertz CT molecular complexity index is 646.